The van der Waals surface area contributed by atoms with E-state index in [1.165, 1.54) is 4.90 Å². The molecule has 0 N–H and O–H groups in total. The second-order valence-electron chi connectivity index (χ2n) is 3.38. The molecule has 0 radical (unpaired) electrons. The van der Waals surface area contributed by atoms with Crippen LogP contribution < -0.4 is 4.90 Å². The van der Waals surface area contributed by atoms with Crippen LogP contribution in [0.2, 0.25) is 0 Å². The number of carbonyl (C=O) groups excluding carboxylic acids is 3. The van der Waals surface area contributed by atoms with Crippen molar-refractivity contribution >= 4 is 39.6 Å². The molecule has 1 amide bonds. The van der Waals surface area contributed by atoms with Crippen LogP contribution in [0.15, 0.2) is 22.7 Å². The standard InChI is InChI=1S/C11H8BrNO3/c12-7-3-1-4-8-9(7)10(15)11(16)13(8)5-2-6-14/h1,3-4,6H,2,5H2. The first kappa shape index (κ1) is 11.0. The fourth-order valence-corrected chi connectivity index (χ4v) is 2.24. The number of benzene rings is 1. The maximum absolute atomic E-state index is 11.7. The lowest BCUT2D eigenvalue weighted by Crippen LogP contribution is -2.30. The van der Waals surface area contributed by atoms with E-state index in [-0.39, 0.29) is 13.0 Å². The summed E-state index contributed by atoms with van der Waals surface area (Å²) in [5, 5.41) is 0. The molecule has 1 aliphatic heterocycles. The molecule has 0 aromatic heterocycles. The first-order chi connectivity index (χ1) is 7.66. The minimum absolute atomic E-state index is 0.227. The zero-order chi connectivity index (χ0) is 11.7. The molecule has 0 fully saturated rings. The Kier molecular flexibility index (Phi) is 2.87. The van der Waals surface area contributed by atoms with E-state index < -0.39 is 11.7 Å². The lowest BCUT2D eigenvalue weighted by Gasteiger charge is -2.14. The van der Waals surface area contributed by atoms with E-state index in [0.717, 1.165) is 6.29 Å². The minimum Gasteiger partial charge on any atom is -0.304 e. The van der Waals surface area contributed by atoms with Crippen LogP contribution in [0.25, 0.3) is 0 Å². The maximum atomic E-state index is 11.7. The van der Waals surface area contributed by atoms with Gasteiger partial charge in [-0.1, -0.05) is 6.07 Å². The third-order valence-electron chi connectivity index (χ3n) is 2.42. The van der Waals surface area contributed by atoms with E-state index in [1.54, 1.807) is 18.2 Å². The van der Waals surface area contributed by atoms with E-state index in [2.05, 4.69) is 15.9 Å². The van der Waals surface area contributed by atoms with Crippen molar-refractivity contribution in [1.82, 2.24) is 0 Å². The first-order valence-corrected chi connectivity index (χ1v) is 5.54. The maximum Gasteiger partial charge on any atom is 0.299 e. The number of carbonyl (C=O) groups is 3. The van der Waals surface area contributed by atoms with Crippen LogP contribution in [-0.4, -0.2) is 24.5 Å². The summed E-state index contributed by atoms with van der Waals surface area (Å²) in [6, 6.07) is 5.17. The van der Waals surface area contributed by atoms with Crippen molar-refractivity contribution in [3.05, 3.63) is 28.2 Å². The van der Waals surface area contributed by atoms with Gasteiger partial charge >= 0.3 is 0 Å². The number of rotatable bonds is 3. The highest BCUT2D eigenvalue weighted by Gasteiger charge is 2.36. The summed E-state index contributed by atoms with van der Waals surface area (Å²) in [6.07, 6.45) is 0.957. The average Bonchev–Trinajstić information content (AvgIpc) is 2.51. The molecule has 5 heteroatoms. The molecule has 1 aliphatic rings. The van der Waals surface area contributed by atoms with Gasteiger partial charge in [0.2, 0.25) is 0 Å². The van der Waals surface area contributed by atoms with Gasteiger partial charge in [0, 0.05) is 17.4 Å². The molecular weight excluding hydrogens is 274 g/mol. The van der Waals surface area contributed by atoms with Crippen molar-refractivity contribution < 1.29 is 14.4 Å². The third-order valence-corrected chi connectivity index (χ3v) is 3.08. The van der Waals surface area contributed by atoms with Crippen LogP contribution in [0.4, 0.5) is 5.69 Å². The quantitative estimate of drug-likeness (QED) is 0.624. The summed E-state index contributed by atoms with van der Waals surface area (Å²) in [6.45, 7) is 0.248. The molecule has 0 saturated carbocycles. The molecular formula is C11H8BrNO3. The highest BCUT2D eigenvalue weighted by atomic mass is 79.9. The average molecular weight is 282 g/mol. The van der Waals surface area contributed by atoms with Gasteiger partial charge in [0.1, 0.15) is 6.29 Å². The largest absolute Gasteiger partial charge is 0.304 e. The summed E-state index contributed by atoms with van der Waals surface area (Å²) in [5.41, 5.74) is 0.963. The number of anilines is 1. The number of amides is 1. The Labute approximate surface area is 100 Å². The molecule has 0 aliphatic carbocycles. The van der Waals surface area contributed by atoms with Gasteiger partial charge in [0.05, 0.1) is 11.3 Å². The lowest BCUT2D eigenvalue weighted by atomic mass is 10.1. The Balaban J connectivity index is 2.46. The normalized spacial score (nSPS) is 14.2. The predicted molar refractivity (Wildman–Crippen MR) is 61.5 cm³/mol. The zero-order valence-corrected chi connectivity index (χ0v) is 9.86. The second kappa shape index (κ2) is 4.17. The summed E-state index contributed by atoms with van der Waals surface area (Å²) in [5.74, 6) is -1.09. The molecule has 0 bridgehead atoms. The summed E-state index contributed by atoms with van der Waals surface area (Å²) in [7, 11) is 0. The van der Waals surface area contributed by atoms with Gasteiger partial charge in [-0.25, -0.2) is 0 Å². The second-order valence-corrected chi connectivity index (χ2v) is 4.23. The fourth-order valence-electron chi connectivity index (χ4n) is 1.71. The summed E-state index contributed by atoms with van der Waals surface area (Å²) in [4.78, 5) is 35.0. The lowest BCUT2D eigenvalue weighted by molar-refractivity contribution is -0.114. The van der Waals surface area contributed by atoms with Crippen LogP contribution in [-0.2, 0) is 9.59 Å². The third kappa shape index (κ3) is 1.57. The smallest absolute Gasteiger partial charge is 0.299 e. The molecule has 0 saturated heterocycles. The first-order valence-electron chi connectivity index (χ1n) is 4.75. The fraction of sp³-hybridized carbons (Fsp3) is 0.182. The van der Waals surface area contributed by atoms with Crippen molar-refractivity contribution in [2.45, 2.75) is 6.42 Å². The number of Topliss-reactive ketones (excluding diaryl/α,β-unsaturated/α-hetero) is 1. The Morgan fingerprint density at radius 2 is 2.06 bits per heavy atom. The Morgan fingerprint density at radius 3 is 2.75 bits per heavy atom. The van der Waals surface area contributed by atoms with Crippen molar-refractivity contribution in [3.8, 4) is 0 Å². The highest BCUT2D eigenvalue weighted by Crippen LogP contribution is 2.34. The van der Waals surface area contributed by atoms with Gasteiger partial charge in [-0.2, -0.15) is 0 Å². The number of nitrogens with zero attached hydrogens (tertiary/aromatic N) is 1. The summed E-state index contributed by atoms with van der Waals surface area (Å²) >= 11 is 3.24. The Bertz CT molecular complexity index is 484. The SMILES string of the molecule is O=CCCN1C(=O)C(=O)c2c(Br)cccc21. The number of hydrogen-bond acceptors (Lipinski definition) is 3. The Morgan fingerprint density at radius 1 is 1.31 bits per heavy atom. The molecule has 2 rings (SSSR count). The van der Waals surface area contributed by atoms with Crippen molar-refractivity contribution in [2.75, 3.05) is 11.4 Å². The van der Waals surface area contributed by atoms with E-state index in [4.69, 9.17) is 0 Å². The van der Waals surface area contributed by atoms with Gasteiger partial charge < -0.3 is 9.69 Å². The van der Waals surface area contributed by atoms with Crippen LogP contribution >= 0.6 is 15.9 Å². The van der Waals surface area contributed by atoms with E-state index >= 15 is 0 Å². The van der Waals surface area contributed by atoms with Gasteiger partial charge in [0.25, 0.3) is 11.7 Å². The number of halogens is 1. The number of ketones is 1. The molecule has 1 aromatic rings. The highest BCUT2D eigenvalue weighted by molar-refractivity contribution is 9.10. The van der Waals surface area contributed by atoms with Crippen LogP contribution in [0.5, 0.6) is 0 Å². The van der Waals surface area contributed by atoms with E-state index in [0.29, 0.717) is 15.7 Å². The molecule has 16 heavy (non-hydrogen) atoms. The van der Waals surface area contributed by atoms with Gasteiger partial charge in [-0.3, -0.25) is 9.59 Å². The van der Waals surface area contributed by atoms with Crippen molar-refractivity contribution in [2.24, 2.45) is 0 Å². The minimum atomic E-state index is -0.566. The van der Waals surface area contributed by atoms with Gasteiger partial charge in [0.15, 0.2) is 0 Å². The van der Waals surface area contributed by atoms with Crippen LogP contribution in [0, 0.1) is 0 Å². The summed E-state index contributed by atoms with van der Waals surface area (Å²) < 4.78 is 0.608. The van der Waals surface area contributed by atoms with Crippen LogP contribution in [0.1, 0.15) is 16.8 Å². The molecule has 0 atom stereocenters. The monoisotopic (exact) mass is 281 g/mol. The van der Waals surface area contributed by atoms with Crippen molar-refractivity contribution in [1.29, 1.82) is 0 Å². The van der Waals surface area contributed by atoms with Crippen molar-refractivity contribution in [3.63, 3.8) is 0 Å². The predicted octanol–water partition coefficient (Wildman–Crippen LogP) is 1.57. The Hall–Kier alpha value is -1.49. The molecule has 4 nitrogen and oxygen atoms in total. The molecule has 0 spiro atoms. The number of fused-ring (bicyclic) bond motifs is 1. The van der Waals surface area contributed by atoms with E-state index in [1.807, 2.05) is 0 Å². The van der Waals surface area contributed by atoms with Gasteiger partial charge in [-0.05, 0) is 28.1 Å². The van der Waals surface area contributed by atoms with Crippen LogP contribution in [0.3, 0.4) is 0 Å². The number of aldehydes is 1. The van der Waals surface area contributed by atoms with Gasteiger partial charge in [-0.15, -0.1) is 0 Å². The number of hydrogen-bond donors (Lipinski definition) is 0. The topological polar surface area (TPSA) is 54.5 Å². The molecule has 0 unspecified atom stereocenters. The molecule has 82 valence electrons. The molecule has 1 aromatic carbocycles. The zero-order valence-electron chi connectivity index (χ0n) is 8.27. The van der Waals surface area contributed by atoms with E-state index in [9.17, 15) is 14.4 Å². The molecule has 1 heterocycles.